The molecule has 0 aromatic carbocycles. The molecule has 0 spiro atoms. The van der Waals surface area contributed by atoms with E-state index in [9.17, 15) is 0 Å². The maximum absolute atomic E-state index is 5.58. The first-order valence-electron chi connectivity index (χ1n) is 2.11. The van der Waals surface area contributed by atoms with Crippen molar-refractivity contribution in [3.63, 3.8) is 0 Å². The third kappa shape index (κ3) is 2.19. The minimum Gasteiger partial charge on any atom is -0.321 e. The van der Waals surface area contributed by atoms with Gasteiger partial charge in [-0.05, 0) is 34.8 Å². The number of nitrogens with one attached hydrogen (secondary N) is 1. The van der Waals surface area contributed by atoms with Gasteiger partial charge in [-0.15, -0.1) is 0 Å². The fourth-order valence-corrected chi connectivity index (χ4v) is 1.76. The largest absolute Gasteiger partial charge is 0.321 e. The SMILES string of the molecule is S=c1nc(I)cc(Cl)[nH]1. The fraction of sp³-hybridized carbons (Fsp3) is 0. The first-order chi connectivity index (χ1) is 4.18. The van der Waals surface area contributed by atoms with E-state index in [4.69, 9.17) is 23.8 Å². The van der Waals surface area contributed by atoms with Gasteiger partial charge in [0.1, 0.15) is 8.85 Å². The Morgan fingerprint density at radius 2 is 2.44 bits per heavy atom. The second-order valence-corrected chi connectivity index (χ2v) is 3.26. The lowest BCUT2D eigenvalue weighted by atomic mass is 10.7. The van der Waals surface area contributed by atoms with E-state index in [1.807, 2.05) is 22.6 Å². The summed E-state index contributed by atoms with van der Waals surface area (Å²) >= 11 is 12.4. The van der Waals surface area contributed by atoms with Crippen molar-refractivity contribution in [3.8, 4) is 0 Å². The van der Waals surface area contributed by atoms with Crippen LogP contribution in [0.1, 0.15) is 0 Å². The fourth-order valence-electron chi connectivity index (χ4n) is 0.400. The Hall–Kier alpha value is 0.320. The summed E-state index contributed by atoms with van der Waals surface area (Å²) in [5.41, 5.74) is 0. The van der Waals surface area contributed by atoms with Gasteiger partial charge in [-0.3, -0.25) is 0 Å². The molecule has 0 atom stereocenters. The average molecular weight is 272 g/mol. The van der Waals surface area contributed by atoms with Gasteiger partial charge in [-0.25, -0.2) is 4.98 Å². The summed E-state index contributed by atoms with van der Waals surface area (Å²) < 4.78 is 1.23. The summed E-state index contributed by atoms with van der Waals surface area (Å²) in [4.78, 5) is 6.57. The van der Waals surface area contributed by atoms with Gasteiger partial charge < -0.3 is 4.98 Å². The first kappa shape index (κ1) is 7.43. The molecule has 0 radical (unpaired) electrons. The molecule has 9 heavy (non-hydrogen) atoms. The summed E-state index contributed by atoms with van der Waals surface area (Å²) in [6.45, 7) is 0. The van der Waals surface area contributed by atoms with Gasteiger partial charge in [0.15, 0.2) is 4.77 Å². The van der Waals surface area contributed by atoms with Crippen molar-refractivity contribution >= 4 is 46.4 Å². The molecule has 0 aliphatic heterocycles. The molecule has 0 unspecified atom stereocenters. The molecule has 0 saturated heterocycles. The Bertz CT molecular complexity index is 248. The molecule has 1 N–H and O–H groups in total. The van der Waals surface area contributed by atoms with Gasteiger partial charge in [-0.2, -0.15) is 0 Å². The van der Waals surface area contributed by atoms with Crippen molar-refractivity contribution in [3.05, 3.63) is 19.7 Å². The van der Waals surface area contributed by atoms with Crippen LogP contribution in [0.3, 0.4) is 0 Å². The quantitative estimate of drug-likeness (QED) is 0.446. The van der Waals surface area contributed by atoms with Gasteiger partial charge in [-0.1, -0.05) is 11.6 Å². The molecular formula is C4H2ClIN2S. The zero-order valence-electron chi connectivity index (χ0n) is 4.19. The van der Waals surface area contributed by atoms with E-state index < -0.39 is 0 Å². The zero-order valence-corrected chi connectivity index (χ0v) is 7.92. The summed E-state index contributed by atoms with van der Waals surface area (Å²) in [7, 11) is 0. The smallest absolute Gasteiger partial charge is 0.198 e. The highest BCUT2D eigenvalue weighted by Crippen LogP contribution is 2.06. The molecule has 5 heteroatoms. The molecule has 0 saturated carbocycles. The van der Waals surface area contributed by atoms with E-state index in [2.05, 4.69) is 9.97 Å². The number of nitrogens with zero attached hydrogens (tertiary/aromatic N) is 1. The number of aromatic nitrogens is 2. The zero-order chi connectivity index (χ0) is 6.85. The lowest BCUT2D eigenvalue weighted by Gasteiger charge is -1.89. The molecule has 2 nitrogen and oxygen atoms in total. The predicted octanol–water partition coefficient (Wildman–Crippen LogP) is 2.40. The third-order valence-corrected chi connectivity index (χ3v) is 1.63. The molecule has 0 fully saturated rings. The van der Waals surface area contributed by atoms with Crippen molar-refractivity contribution in [1.82, 2.24) is 9.97 Å². The third-order valence-electron chi connectivity index (χ3n) is 0.681. The summed E-state index contributed by atoms with van der Waals surface area (Å²) in [5.74, 6) is 0. The van der Waals surface area contributed by atoms with Crippen LogP contribution < -0.4 is 0 Å². The monoisotopic (exact) mass is 272 g/mol. The summed E-state index contributed by atoms with van der Waals surface area (Å²) in [6, 6.07) is 1.71. The molecule has 0 amide bonds. The van der Waals surface area contributed by atoms with Crippen molar-refractivity contribution in [2.24, 2.45) is 0 Å². The van der Waals surface area contributed by atoms with E-state index in [1.165, 1.54) is 0 Å². The summed E-state index contributed by atoms with van der Waals surface area (Å²) in [5, 5.41) is 0.527. The van der Waals surface area contributed by atoms with Crippen LogP contribution in [0, 0.1) is 8.47 Å². The van der Waals surface area contributed by atoms with Crippen LogP contribution in [0.25, 0.3) is 0 Å². The molecule has 1 heterocycles. The van der Waals surface area contributed by atoms with Gasteiger partial charge >= 0.3 is 0 Å². The van der Waals surface area contributed by atoms with Crippen LogP contribution in [-0.4, -0.2) is 9.97 Å². The van der Waals surface area contributed by atoms with Crippen molar-refractivity contribution < 1.29 is 0 Å². The number of H-pyrrole nitrogens is 1. The molecule has 0 aliphatic carbocycles. The van der Waals surface area contributed by atoms with Crippen LogP contribution in [0.5, 0.6) is 0 Å². The summed E-state index contributed by atoms with van der Waals surface area (Å²) in [6.07, 6.45) is 0. The minimum absolute atomic E-state index is 0.423. The van der Waals surface area contributed by atoms with Crippen LogP contribution in [0.2, 0.25) is 5.15 Å². The highest BCUT2D eigenvalue weighted by atomic mass is 127. The standard InChI is InChI=1S/C4H2ClIN2S/c5-2-1-3(6)8-4(9)7-2/h1H,(H,7,8,9). The Morgan fingerprint density at radius 3 is 2.89 bits per heavy atom. The molecule has 1 aromatic heterocycles. The maximum atomic E-state index is 5.58. The van der Waals surface area contributed by atoms with Gasteiger partial charge in [0, 0.05) is 6.07 Å². The molecule has 1 rings (SSSR count). The van der Waals surface area contributed by atoms with Crippen LogP contribution in [0.4, 0.5) is 0 Å². The second-order valence-electron chi connectivity index (χ2n) is 1.36. The Kier molecular flexibility index (Phi) is 2.42. The highest BCUT2D eigenvalue weighted by molar-refractivity contribution is 14.1. The number of rotatable bonds is 0. The molecular weight excluding hydrogens is 270 g/mol. The lowest BCUT2D eigenvalue weighted by molar-refractivity contribution is 1.10. The number of hydrogen-bond donors (Lipinski definition) is 1. The minimum atomic E-state index is 0.423. The van der Waals surface area contributed by atoms with Crippen LogP contribution in [0.15, 0.2) is 6.07 Å². The maximum Gasteiger partial charge on any atom is 0.198 e. The first-order valence-corrected chi connectivity index (χ1v) is 3.97. The predicted molar refractivity (Wildman–Crippen MR) is 47.1 cm³/mol. The average Bonchev–Trinajstić information content (AvgIpc) is 1.59. The normalized spacial score (nSPS) is 9.56. The van der Waals surface area contributed by atoms with Crippen LogP contribution >= 0.6 is 46.4 Å². The van der Waals surface area contributed by atoms with Gasteiger partial charge in [0.2, 0.25) is 0 Å². The van der Waals surface area contributed by atoms with E-state index in [1.54, 1.807) is 6.07 Å². The molecule has 0 bridgehead atoms. The van der Waals surface area contributed by atoms with E-state index in [0.29, 0.717) is 9.92 Å². The number of halogens is 2. The Labute approximate surface area is 75.8 Å². The van der Waals surface area contributed by atoms with E-state index in [0.717, 1.165) is 3.70 Å². The number of hydrogen-bond acceptors (Lipinski definition) is 2. The second kappa shape index (κ2) is 2.94. The van der Waals surface area contributed by atoms with Gasteiger partial charge in [0.25, 0.3) is 0 Å². The lowest BCUT2D eigenvalue weighted by Crippen LogP contribution is -1.84. The molecule has 1 aromatic rings. The molecule has 0 aliphatic rings. The van der Waals surface area contributed by atoms with Crippen LogP contribution in [-0.2, 0) is 0 Å². The van der Waals surface area contributed by atoms with Crippen molar-refractivity contribution in [1.29, 1.82) is 0 Å². The topological polar surface area (TPSA) is 28.7 Å². The highest BCUT2D eigenvalue weighted by Gasteiger charge is 1.89. The Morgan fingerprint density at radius 1 is 1.78 bits per heavy atom. The molecule has 48 valence electrons. The number of aromatic amines is 1. The van der Waals surface area contributed by atoms with E-state index >= 15 is 0 Å². The van der Waals surface area contributed by atoms with Gasteiger partial charge in [0.05, 0.1) is 0 Å². The Balaban J connectivity index is 3.33. The van der Waals surface area contributed by atoms with Crippen molar-refractivity contribution in [2.75, 3.05) is 0 Å². The van der Waals surface area contributed by atoms with Crippen molar-refractivity contribution in [2.45, 2.75) is 0 Å². The van der Waals surface area contributed by atoms with E-state index in [-0.39, 0.29) is 0 Å².